The Morgan fingerprint density at radius 3 is 2.67 bits per heavy atom. The van der Waals surface area contributed by atoms with Gasteiger partial charge in [0, 0.05) is 12.6 Å². The summed E-state index contributed by atoms with van der Waals surface area (Å²) in [7, 11) is 0. The molecule has 1 aromatic rings. The first-order chi connectivity index (χ1) is 8.46. The lowest BCUT2D eigenvalue weighted by atomic mass is 10.0. The second-order valence-corrected chi connectivity index (χ2v) is 3.74. The van der Waals surface area contributed by atoms with E-state index in [-0.39, 0.29) is 18.4 Å². The zero-order valence-corrected chi connectivity index (χ0v) is 10.00. The largest absolute Gasteiger partial charge is 0.573 e. The molecule has 6 heteroatoms. The van der Waals surface area contributed by atoms with Gasteiger partial charge >= 0.3 is 6.36 Å². The van der Waals surface area contributed by atoms with Crippen LogP contribution < -0.4 is 10.1 Å². The van der Waals surface area contributed by atoms with Crippen LogP contribution in [0.2, 0.25) is 0 Å². The van der Waals surface area contributed by atoms with Crippen molar-refractivity contribution in [2.24, 2.45) is 0 Å². The lowest BCUT2D eigenvalue weighted by molar-refractivity contribution is -0.274. The highest BCUT2D eigenvalue weighted by Crippen LogP contribution is 2.26. The first-order valence-electron chi connectivity index (χ1n) is 5.66. The molecule has 2 N–H and O–H groups in total. The van der Waals surface area contributed by atoms with E-state index in [4.69, 9.17) is 5.11 Å². The van der Waals surface area contributed by atoms with Gasteiger partial charge in [-0.25, -0.2) is 0 Å². The van der Waals surface area contributed by atoms with Crippen molar-refractivity contribution in [1.29, 1.82) is 0 Å². The first-order valence-corrected chi connectivity index (χ1v) is 5.66. The first kappa shape index (κ1) is 14.8. The fourth-order valence-electron chi connectivity index (χ4n) is 1.69. The molecule has 3 nitrogen and oxygen atoms in total. The number of rotatable bonds is 6. The van der Waals surface area contributed by atoms with Gasteiger partial charge in [-0.05, 0) is 30.7 Å². The molecule has 0 aromatic heterocycles. The molecular weight excluding hydrogens is 247 g/mol. The Bertz CT molecular complexity index is 363. The number of hydrogen-bond acceptors (Lipinski definition) is 3. The summed E-state index contributed by atoms with van der Waals surface area (Å²) in [6.07, 6.45) is -4.26. The lowest BCUT2D eigenvalue weighted by Crippen LogP contribution is -2.22. The van der Waals surface area contributed by atoms with Crippen molar-refractivity contribution in [2.45, 2.75) is 25.7 Å². The van der Waals surface area contributed by atoms with E-state index < -0.39 is 6.36 Å². The van der Waals surface area contributed by atoms with E-state index in [1.54, 1.807) is 6.07 Å². The van der Waals surface area contributed by atoms with Gasteiger partial charge in [-0.2, -0.15) is 0 Å². The molecule has 102 valence electrons. The number of nitrogens with one attached hydrogen (secondary N) is 1. The summed E-state index contributed by atoms with van der Waals surface area (Å²) in [5.74, 6) is -0.249. The topological polar surface area (TPSA) is 41.5 Å². The van der Waals surface area contributed by atoms with Gasteiger partial charge < -0.3 is 15.2 Å². The summed E-state index contributed by atoms with van der Waals surface area (Å²) >= 11 is 0. The lowest BCUT2D eigenvalue weighted by Gasteiger charge is -2.18. The van der Waals surface area contributed by atoms with Gasteiger partial charge in [-0.15, -0.1) is 13.2 Å². The highest BCUT2D eigenvalue weighted by atomic mass is 19.4. The van der Waals surface area contributed by atoms with E-state index in [0.717, 1.165) is 0 Å². The molecule has 0 amide bonds. The van der Waals surface area contributed by atoms with Crippen LogP contribution in [-0.2, 0) is 0 Å². The third kappa shape index (κ3) is 4.93. The van der Waals surface area contributed by atoms with Gasteiger partial charge in [0.25, 0.3) is 0 Å². The van der Waals surface area contributed by atoms with Gasteiger partial charge in [0.1, 0.15) is 5.75 Å². The summed E-state index contributed by atoms with van der Waals surface area (Å²) in [6, 6.07) is 5.59. The van der Waals surface area contributed by atoms with Crippen LogP contribution in [0.25, 0.3) is 0 Å². The Hall–Kier alpha value is -1.27. The van der Waals surface area contributed by atoms with Crippen LogP contribution in [0.3, 0.4) is 0 Å². The van der Waals surface area contributed by atoms with Crippen molar-refractivity contribution in [2.75, 3.05) is 13.2 Å². The number of aliphatic hydroxyl groups is 1. The third-order valence-electron chi connectivity index (χ3n) is 2.36. The van der Waals surface area contributed by atoms with E-state index in [9.17, 15) is 13.2 Å². The molecule has 0 saturated heterocycles. The van der Waals surface area contributed by atoms with Crippen molar-refractivity contribution in [1.82, 2.24) is 5.32 Å². The molecule has 1 rings (SSSR count). The van der Waals surface area contributed by atoms with E-state index in [1.165, 1.54) is 18.2 Å². The van der Waals surface area contributed by atoms with Gasteiger partial charge in [0.15, 0.2) is 0 Å². The molecule has 18 heavy (non-hydrogen) atoms. The normalized spacial score (nSPS) is 13.4. The SMILES string of the molecule is CCNC(CCO)c1cccc(OC(F)(F)F)c1. The quantitative estimate of drug-likeness (QED) is 0.829. The van der Waals surface area contributed by atoms with Crippen LogP contribution in [0.5, 0.6) is 5.75 Å². The highest BCUT2D eigenvalue weighted by Gasteiger charge is 2.31. The van der Waals surface area contributed by atoms with Crippen LogP contribution in [0.4, 0.5) is 13.2 Å². The maximum atomic E-state index is 12.1. The van der Waals surface area contributed by atoms with Crippen molar-refractivity contribution >= 4 is 0 Å². The summed E-state index contributed by atoms with van der Waals surface area (Å²) < 4.78 is 40.1. The Morgan fingerprint density at radius 2 is 2.11 bits per heavy atom. The van der Waals surface area contributed by atoms with Gasteiger partial charge in [0.2, 0.25) is 0 Å². The summed E-state index contributed by atoms with van der Waals surface area (Å²) in [4.78, 5) is 0. The van der Waals surface area contributed by atoms with Crippen LogP contribution in [0.15, 0.2) is 24.3 Å². The molecule has 0 heterocycles. The second kappa shape index (κ2) is 6.61. The molecule has 0 aliphatic heterocycles. The summed E-state index contributed by atoms with van der Waals surface area (Å²) in [5, 5.41) is 12.0. The molecule has 1 atom stereocenters. The molecule has 0 saturated carbocycles. The predicted molar refractivity (Wildman–Crippen MR) is 61.2 cm³/mol. The molecule has 0 radical (unpaired) electrons. The molecule has 0 fully saturated rings. The Kier molecular flexibility index (Phi) is 5.43. The monoisotopic (exact) mass is 263 g/mol. The van der Waals surface area contributed by atoms with E-state index in [0.29, 0.717) is 18.5 Å². The molecule has 0 aliphatic rings. The van der Waals surface area contributed by atoms with Crippen molar-refractivity contribution in [3.63, 3.8) is 0 Å². The Labute approximate surface area is 104 Å². The smallest absolute Gasteiger partial charge is 0.406 e. The molecule has 0 spiro atoms. The van der Waals surface area contributed by atoms with E-state index >= 15 is 0 Å². The zero-order chi connectivity index (χ0) is 13.6. The number of alkyl halides is 3. The number of ether oxygens (including phenoxy) is 1. The molecule has 0 aliphatic carbocycles. The minimum absolute atomic E-state index is 0.0397. The van der Waals surface area contributed by atoms with E-state index in [2.05, 4.69) is 10.1 Å². The van der Waals surface area contributed by atoms with Gasteiger partial charge in [-0.3, -0.25) is 0 Å². The van der Waals surface area contributed by atoms with Gasteiger partial charge in [0.05, 0.1) is 0 Å². The third-order valence-corrected chi connectivity index (χ3v) is 2.36. The summed E-state index contributed by atoms with van der Waals surface area (Å²) in [5.41, 5.74) is 0.660. The Balaban J connectivity index is 2.84. The van der Waals surface area contributed by atoms with Crippen LogP contribution in [-0.4, -0.2) is 24.6 Å². The maximum absolute atomic E-state index is 12.1. The van der Waals surface area contributed by atoms with Crippen LogP contribution >= 0.6 is 0 Å². The molecule has 1 unspecified atom stereocenters. The second-order valence-electron chi connectivity index (χ2n) is 3.74. The minimum Gasteiger partial charge on any atom is -0.406 e. The minimum atomic E-state index is -4.69. The fraction of sp³-hybridized carbons (Fsp3) is 0.500. The standard InChI is InChI=1S/C12H16F3NO2/c1-2-16-11(6-7-17)9-4-3-5-10(8-9)18-12(13,14)15/h3-5,8,11,16-17H,2,6-7H2,1H3. The summed E-state index contributed by atoms with van der Waals surface area (Å²) in [6.45, 7) is 2.51. The number of benzene rings is 1. The zero-order valence-electron chi connectivity index (χ0n) is 10.00. The predicted octanol–water partition coefficient (Wildman–Crippen LogP) is 2.62. The van der Waals surface area contributed by atoms with Gasteiger partial charge in [-0.1, -0.05) is 19.1 Å². The van der Waals surface area contributed by atoms with Crippen LogP contribution in [0, 0.1) is 0 Å². The fourth-order valence-corrected chi connectivity index (χ4v) is 1.69. The number of aliphatic hydroxyl groups excluding tert-OH is 1. The molecular formula is C12H16F3NO2. The van der Waals surface area contributed by atoms with Crippen molar-refractivity contribution in [3.05, 3.63) is 29.8 Å². The average molecular weight is 263 g/mol. The maximum Gasteiger partial charge on any atom is 0.573 e. The van der Waals surface area contributed by atoms with Crippen molar-refractivity contribution in [3.8, 4) is 5.75 Å². The van der Waals surface area contributed by atoms with E-state index in [1.807, 2.05) is 6.92 Å². The van der Waals surface area contributed by atoms with Crippen LogP contribution in [0.1, 0.15) is 24.9 Å². The molecule has 1 aromatic carbocycles. The Morgan fingerprint density at radius 1 is 1.39 bits per heavy atom. The number of hydrogen-bond donors (Lipinski definition) is 2. The average Bonchev–Trinajstić information content (AvgIpc) is 2.27. The highest BCUT2D eigenvalue weighted by molar-refractivity contribution is 5.30. The molecule has 0 bridgehead atoms. The van der Waals surface area contributed by atoms with Crippen molar-refractivity contribution < 1.29 is 23.0 Å². The number of halogens is 3.